The van der Waals surface area contributed by atoms with Crippen LogP contribution in [-0.4, -0.2) is 43.8 Å². The molecule has 1 atom stereocenters. The van der Waals surface area contributed by atoms with Crippen LogP contribution in [0.15, 0.2) is 23.1 Å². The maximum absolute atomic E-state index is 13.9. The van der Waals surface area contributed by atoms with Crippen molar-refractivity contribution in [2.75, 3.05) is 20.1 Å². The minimum atomic E-state index is -4.00. The molecule has 1 fully saturated rings. The van der Waals surface area contributed by atoms with Gasteiger partial charge in [-0.3, -0.25) is 10.1 Å². The molecule has 0 spiro atoms. The molecule has 116 valence electrons. The van der Waals surface area contributed by atoms with Crippen LogP contribution in [-0.2, 0) is 10.0 Å². The zero-order valence-corrected chi connectivity index (χ0v) is 12.3. The van der Waals surface area contributed by atoms with E-state index in [9.17, 15) is 22.9 Å². The summed E-state index contributed by atoms with van der Waals surface area (Å²) < 4.78 is 39.5. The van der Waals surface area contributed by atoms with Gasteiger partial charge >= 0.3 is 0 Å². The van der Waals surface area contributed by atoms with E-state index in [0.717, 1.165) is 35.8 Å². The van der Waals surface area contributed by atoms with E-state index in [2.05, 4.69) is 5.32 Å². The number of rotatable bonds is 5. The summed E-state index contributed by atoms with van der Waals surface area (Å²) in [6.45, 7) is 1.07. The Morgan fingerprint density at radius 2 is 2.24 bits per heavy atom. The molecule has 9 heteroatoms. The van der Waals surface area contributed by atoms with Crippen molar-refractivity contribution >= 4 is 15.7 Å². The second-order valence-electron chi connectivity index (χ2n) is 4.95. The van der Waals surface area contributed by atoms with Crippen molar-refractivity contribution < 1.29 is 17.7 Å². The Bertz CT molecular complexity index is 644. The summed E-state index contributed by atoms with van der Waals surface area (Å²) in [5.74, 6) is -1.12. The second kappa shape index (κ2) is 6.04. The molecule has 1 aliphatic rings. The SMILES string of the molecule is CN(CC1CCCN1)S(=O)(=O)c1ccc([N+](=O)[O-])cc1F. The fourth-order valence-electron chi connectivity index (χ4n) is 2.30. The van der Waals surface area contributed by atoms with Gasteiger partial charge in [-0.05, 0) is 25.5 Å². The van der Waals surface area contributed by atoms with Crippen LogP contribution in [0.5, 0.6) is 0 Å². The van der Waals surface area contributed by atoms with E-state index >= 15 is 0 Å². The van der Waals surface area contributed by atoms with Crippen molar-refractivity contribution in [3.63, 3.8) is 0 Å². The Morgan fingerprint density at radius 1 is 1.52 bits per heavy atom. The number of nitro groups is 1. The molecule has 1 unspecified atom stereocenters. The van der Waals surface area contributed by atoms with Crippen LogP contribution in [0.2, 0.25) is 0 Å². The molecule has 0 saturated carbocycles. The average Bonchev–Trinajstić information content (AvgIpc) is 2.90. The standard InChI is InChI=1S/C12H16FN3O4S/c1-15(8-9-3-2-6-14-9)21(19,20)12-5-4-10(16(17)18)7-11(12)13/h4-5,7,9,14H,2-3,6,8H2,1H3. The number of hydrogen-bond donors (Lipinski definition) is 1. The van der Waals surface area contributed by atoms with Gasteiger partial charge in [-0.1, -0.05) is 0 Å². The molecule has 0 bridgehead atoms. The maximum Gasteiger partial charge on any atom is 0.272 e. The largest absolute Gasteiger partial charge is 0.313 e. The summed E-state index contributed by atoms with van der Waals surface area (Å²) >= 11 is 0. The number of nitrogens with zero attached hydrogens (tertiary/aromatic N) is 2. The molecular formula is C12H16FN3O4S. The highest BCUT2D eigenvalue weighted by Crippen LogP contribution is 2.23. The third kappa shape index (κ3) is 3.36. The molecule has 0 aromatic heterocycles. The van der Waals surface area contributed by atoms with E-state index < -0.39 is 31.3 Å². The minimum absolute atomic E-state index is 0.0471. The summed E-state index contributed by atoms with van der Waals surface area (Å²) in [4.78, 5) is 9.23. The molecule has 1 N–H and O–H groups in total. The van der Waals surface area contributed by atoms with Crippen LogP contribution in [0.4, 0.5) is 10.1 Å². The lowest BCUT2D eigenvalue weighted by Gasteiger charge is -2.21. The van der Waals surface area contributed by atoms with Gasteiger partial charge in [-0.25, -0.2) is 12.8 Å². The fourth-order valence-corrected chi connectivity index (χ4v) is 3.56. The molecule has 1 heterocycles. The predicted octanol–water partition coefficient (Wildman–Crippen LogP) is 1.11. The van der Waals surface area contributed by atoms with Gasteiger partial charge in [0.15, 0.2) is 0 Å². The number of non-ortho nitro benzene ring substituents is 1. The molecule has 1 saturated heterocycles. The normalized spacial score (nSPS) is 19.1. The smallest absolute Gasteiger partial charge is 0.272 e. The molecule has 21 heavy (non-hydrogen) atoms. The Hall–Kier alpha value is -1.58. The monoisotopic (exact) mass is 317 g/mol. The van der Waals surface area contributed by atoms with Crippen molar-refractivity contribution in [2.45, 2.75) is 23.8 Å². The number of halogens is 1. The molecule has 0 aliphatic carbocycles. The first-order valence-electron chi connectivity index (χ1n) is 6.46. The van der Waals surface area contributed by atoms with Crippen LogP contribution in [0.3, 0.4) is 0 Å². The Labute approximate surface area is 122 Å². The van der Waals surface area contributed by atoms with Crippen LogP contribution < -0.4 is 5.32 Å². The van der Waals surface area contributed by atoms with E-state index in [1.54, 1.807) is 0 Å². The first-order valence-corrected chi connectivity index (χ1v) is 7.90. The lowest BCUT2D eigenvalue weighted by Crippen LogP contribution is -2.38. The zero-order chi connectivity index (χ0) is 15.6. The van der Waals surface area contributed by atoms with Crippen molar-refractivity contribution in [3.8, 4) is 0 Å². The highest BCUT2D eigenvalue weighted by molar-refractivity contribution is 7.89. The number of benzene rings is 1. The molecule has 1 aromatic carbocycles. The number of nitro benzene ring substituents is 1. The minimum Gasteiger partial charge on any atom is -0.313 e. The van der Waals surface area contributed by atoms with Crippen LogP contribution >= 0.6 is 0 Å². The third-order valence-electron chi connectivity index (χ3n) is 3.45. The lowest BCUT2D eigenvalue weighted by atomic mass is 10.2. The zero-order valence-electron chi connectivity index (χ0n) is 11.5. The van der Waals surface area contributed by atoms with Crippen LogP contribution in [0, 0.1) is 15.9 Å². The number of sulfonamides is 1. The van der Waals surface area contributed by atoms with Gasteiger partial charge in [0.2, 0.25) is 10.0 Å². The Morgan fingerprint density at radius 3 is 2.76 bits per heavy atom. The quantitative estimate of drug-likeness (QED) is 0.648. The number of likely N-dealkylation sites (N-methyl/N-ethyl adjacent to an activating group) is 1. The molecular weight excluding hydrogens is 301 g/mol. The molecule has 1 aliphatic heterocycles. The lowest BCUT2D eigenvalue weighted by molar-refractivity contribution is -0.385. The fraction of sp³-hybridized carbons (Fsp3) is 0.500. The summed E-state index contributed by atoms with van der Waals surface area (Å²) in [6.07, 6.45) is 1.84. The maximum atomic E-state index is 13.9. The van der Waals surface area contributed by atoms with Crippen LogP contribution in [0.1, 0.15) is 12.8 Å². The highest BCUT2D eigenvalue weighted by Gasteiger charge is 2.28. The van der Waals surface area contributed by atoms with Gasteiger partial charge < -0.3 is 5.32 Å². The first kappa shape index (κ1) is 15.8. The summed E-state index contributed by atoms with van der Waals surface area (Å²) in [7, 11) is -2.63. The Balaban J connectivity index is 2.23. The van der Waals surface area contributed by atoms with E-state index in [4.69, 9.17) is 0 Å². The molecule has 1 aromatic rings. The molecule has 0 amide bonds. The van der Waals surface area contributed by atoms with E-state index in [1.807, 2.05) is 0 Å². The third-order valence-corrected chi connectivity index (χ3v) is 5.31. The van der Waals surface area contributed by atoms with Gasteiger partial charge in [0.1, 0.15) is 10.7 Å². The van der Waals surface area contributed by atoms with Crippen molar-refractivity contribution in [2.24, 2.45) is 0 Å². The van der Waals surface area contributed by atoms with Crippen LogP contribution in [0.25, 0.3) is 0 Å². The molecule has 0 radical (unpaired) electrons. The van der Waals surface area contributed by atoms with E-state index in [0.29, 0.717) is 6.07 Å². The number of nitrogens with one attached hydrogen (secondary N) is 1. The van der Waals surface area contributed by atoms with Gasteiger partial charge in [0, 0.05) is 25.7 Å². The van der Waals surface area contributed by atoms with E-state index in [-0.39, 0.29) is 12.6 Å². The Kier molecular flexibility index (Phi) is 4.55. The summed E-state index contributed by atoms with van der Waals surface area (Å²) in [5.41, 5.74) is -0.480. The van der Waals surface area contributed by atoms with Crippen molar-refractivity contribution in [3.05, 3.63) is 34.1 Å². The van der Waals surface area contributed by atoms with Crippen molar-refractivity contribution in [1.82, 2.24) is 9.62 Å². The van der Waals surface area contributed by atoms with Gasteiger partial charge in [0.25, 0.3) is 5.69 Å². The second-order valence-corrected chi connectivity index (χ2v) is 6.96. The summed E-state index contributed by atoms with van der Waals surface area (Å²) in [6, 6.07) is 2.58. The van der Waals surface area contributed by atoms with Gasteiger partial charge in [-0.15, -0.1) is 0 Å². The van der Waals surface area contributed by atoms with Crippen molar-refractivity contribution in [1.29, 1.82) is 0 Å². The summed E-state index contributed by atoms with van der Waals surface area (Å²) in [5, 5.41) is 13.7. The first-order chi connectivity index (χ1) is 9.82. The molecule has 2 rings (SSSR count). The van der Waals surface area contributed by atoms with E-state index in [1.165, 1.54) is 7.05 Å². The average molecular weight is 317 g/mol. The highest BCUT2D eigenvalue weighted by atomic mass is 32.2. The molecule has 7 nitrogen and oxygen atoms in total. The number of hydrogen-bond acceptors (Lipinski definition) is 5. The van der Waals surface area contributed by atoms with Gasteiger partial charge in [0.05, 0.1) is 11.0 Å². The van der Waals surface area contributed by atoms with Gasteiger partial charge in [-0.2, -0.15) is 4.31 Å². The topological polar surface area (TPSA) is 92.6 Å². The predicted molar refractivity (Wildman–Crippen MR) is 73.9 cm³/mol.